The summed E-state index contributed by atoms with van der Waals surface area (Å²) in [6.07, 6.45) is -4.77. The third-order valence-corrected chi connectivity index (χ3v) is 4.46. The Bertz CT molecular complexity index is 548. The van der Waals surface area contributed by atoms with E-state index in [1.54, 1.807) is 0 Å². The summed E-state index contributed by atoms with van der Waals surface area (Å²) in [6, 6.07) is 4.86. The maximum atomic E-state index is 12.4. The van der Waals surface area contributed by atoms with Crippen LogP contribution in [-0.4, -0.2) is 5.11 Å². The van der Waals surface area contributed by atoms with Gasteiger partial charge in [-0.1, -0.05) is 12.1 Å². The van der Waals surface area contributed by atoms with Gasteiger partial charge >= 0.3 is 6.18 Å². The first-order valence-corrected chi connectivity index (χ1v) is 7.17. The largest absolute Gasteiger partial charge is 0.416 e. The zero-order valence-electron chi connectivity index (χ0n) is 9.62. The van der Waals surface area contributed by atoms with Crippen LogP contribution in [0.15, 0.2) is 39.5 Å². The lowest BCUT2D eigenvalue weighted by Crippen LogP contribution is -2.05. The number of aliphatic hydroxyl groups is 1. The van der Waals surface area contributed by atoms with Crippen LogP contribution in [0.4, 0.5) is 13.2 Å². The lowest BCUT2D eigenvalue weighted by atomic mass is 10.0. The van der Waals surface area contributed by atoms with E-state index in [1.165, 1.54) is 23.5 Å². The van der Waals surface area contributed by atoms with Gasteiger partial charge in [0.25, 0.3) is 0 Å². The summed E-state index contributed by atoms with van der Waals surface area (Å²) in [5.41, 5.74) is 0.742. The van der Waals surface area contributed by atoms with E-state index in [0.29, 0.717) is 5.56 Å². The quantitative estimate of drug-likeness (QED) is 0.842. The van der Waals surface area contributed by atoms with Crippen molar-refractivity contribution in [2.45, 2.75) is 18.7 Å². The van der Waals surface area contributed by atoms with Crippen LogP contribution in [0.25, 0.3) is 0 Å². The normalized spacial score (nSPS) is 13.5. The minimum atomic E-state index is -4.33. The number of benzene rings is 1. The molecule has 0 amide bonds. The lowest BCUT2D eigenvalue weighted by Gasteiger charge is -2.11. The highest BCUT2D eigenvalue weighted by Crippen LogP contribution is 2.31. The molecule has 0 spiro atoms. The first-order valence-electron chi connectivity index (χ1n) is 5.43. The molecule has 0 saturated heterocycles. The van der Waals surface area contributed by atoms with Gasteiger partial charge in [0.2, 0.25) is 0 Å². The van der Waals surface area contributed by atoms with Crippen molar-refractivity contribution in [1.29, 1.82) is 0 Å². The Kier molecular flexibility index (Phi) is 4.32. The average molecular weight is 351 g/mol. The summed E-state index contributed by atoms with van der Waals surface area (Å²) in [6.45, 7) is 0. The molecule has 1 heterocycles. The third-order valence-electron chi connectivity index (χ3n) is 2.71. The molecule has 1 nitrogen and oxygen atoms in total. The molecule has 6 heteroatoms. The van der Waals surface area contributed by atoms with Gasteiger partial charge in [0.15, 0.2) is 0 Å². The van der Waals surface area contributed by atoms with Crippen molar-refractivity contribution in [1.82, 2.24) is 0 Å². The molecule has 2 aromatic rings. The highest BCUT2D eigenvalue weighted by Gasteiger charge is 2.30. The van der Waals surface area contributed by atoms with Crippen molar-refractivity contribution in [3.8, 4) is 0 Å². The zero-order chi connectivity index (χ0) is 14.0. The first-order chi connectivity index (χ1) is 8.88. The fraction of sp³-hybridized carbons (Fsp3) is 0.231. The van der Waals surface area contributed by atoms with Crippen LogP contribution in [0, 0.1) is 0 Å². The summed E-state index contributed by atoms with van der Waals surface area (Å²) < 4.78 is 38.0. The summed E-state index contributed by atoms with van der Waals surface area (Å²) in [4.78, 5) is 0. The third kappa shape index (κ3) is 3.58. The molecule has 0 aliphatic carbocycles. The fourth-order valence-electron chi connectivity index (χ4n) is 1.69. The molecule has 2 rings (SSSR count). The molecule has 0 bridgehead atoms. The molecule has 19 heavy (non-hydrogen) atoms. The van der Waals surface area contributed by atoms with Gasteiger partial charge in [0.05, 0.1) is 11.7 Å². The number of thiophene rings is 1. The van der Waals surface area contributed by atoms with Crippen LogP contribution < -0.4 is 0 Å². The van der Waals surface area contributed by atoms with Crippen LogP contribution in [0.2, 0.25) is 0 Å². The highest BCUT2D eigenvalue weighted by atomic mass is 79.9. The summed E-state index contributed by atoms with van der Waals surface area (Å²) in [5, 5.41) is 13.7. The van der Waals surface area contributed by atoms with Gasteiger partial charge in [0.1, 0.15) is 0 Å². The van der Waals surface area contributed by atoms with Gasteiger partial charge in [-0.3, -0.25) is 0 Å². The van der Waals surface area contributed by atoms with Crippen molar-refractivity contribution in [3.05, 3.63) is 56.2 Å². The standard InChI is InChI=1S/C13H10BrF3OS/c14-11-7-19-6-10(11)12(18)5-8-1-3-9(4-2-8)13(15,16)17/h1-4,6-7,12,18H,5H2. The maximum Gasteiger partial charge on any atom is 0.416 e. The minimum Gasteiger partial charge on any atom is -0.388 e. The van der Waals surface area contributed by atoms with E-state index in [1.807, 2.05) is 10.8 Å². The molecule has 1 aromatic carbocycles. The van der Waals surface area contributed by atoms with Crippen LogP contribution in [0.5, 0.6) is 0 Å². The summed E-state index contributed by atoms with van der Waals surface area (Å²) >= 11 is 4.77. The Morgan fingerprint density at radius 1 is 1.16 bits per heavy atom. The molecule has 0 saturated carbocycles. The predicted molar refractivity (Wildman–Crippen MR) is 72.1 cm³/mol. The van der Waals surface area contributed by atoms with E-state index in [-0.39, 0.29) is 6.42 Å². The van der Waals surface area contributed by atoms with E-state index in [4.69, 9.17) is 0 Å². The molecule has 1 unspecified atom stereocenters. The van der Waals surface area contributed by atoms with Crippen LogP contribution in [0.3, 0.4) is 0 Å². The highest BCUT2D eigenvalue weighted by molar-refractivity contribution is 9.10. The van der Waals surface area contributed by atoms with E-state index < -0.39 is 17.8 Å². The second-order valence-electron chi connectivity index (χ2n) is 4.09. The predicted octanol–water partition coefficient (Wildman–Crippen LogP) is 4.81. The molecule has 102 valence electrons. The van der Waals surface area contributed by atoms with Crippen LogP contribution in [-0.2, 0) is 12.6 Å². The summed E-state index contributed by atoms with van der Waals surface area (Å²) in [7, 11) is 0. The lowest BCUT2D eigenvalue weighted by molar-refractivity contribution is -0.137. The van der Waals surface area contributed by atoms with Crippen molar-refractivity contribution in [3.63, 3.8) is 0 Å². The molecule has 1 aromatic heterocycles. The molecule has 1 atom stereocenters. The monoisotopic (exact) mass is 350 g/mol. The van der Waals surface area contributed by atoms with Crippen LogP contribution in [0.1, 0.15) is 22.8 Å². The minimum absolute atomic E-state index is 0.285. The van der Waals surface area contributed by atoms with E-state index >= 15 is 0 Å². The van der Waals surface area contributed by atoms with Crippen molar-refractivity contribution < 1.29 is 18.3 Å². The maximum absolute atomic E-state index is 12.4. The van der Waals surface area contributed by atoms with Crippen molar-refractivity contribution >= 4 is 27.3 Å². The molecular formula is C13H10BrF3OS. The Morgan fingerprint density at radius 3 is 2.26 bits per heavy atom. The molecular weight excluding hydrogens is 341 g/mol. The molecule has 1 N–H and O–H groups in total. The number of hydrogen-bond acceptors (Lipinski definition) is 2. The van der Waals surface area contributed by atoms with Crippen molar-refractivity contribution in [2.24, 2.45) is 0 Å². The van der Waals surface area contributed by atoms with Gasteiger partial charge in [-0.15, -0.1) is 0 Å². The van der Waals surface area contributed by atoms with E-state index in [2.05, 4.69) is 15.9 Å². The molecule has 0 radical (unpaired) electrons. The number of hydrogen-bond donors (Lipinski definition) is 1. The van der Waals surface area contributed by atoms with Gasteiger partial charge in [-0.25, -0.2) is 0 Å². The summed E-state index contributed by atoms with van der Waals surface area (Å²) in [5.74, 6) is 0. The Hall–Kier alpha value is -0.850. The first kappa shape index (κ1) is 14.6. The molecule has 0 fully saturated rings. The number of rotatable bonds is 3. The Balaban J connectivity index is 2.10. The second-order valence-corrected chi connectivity index (χ2v) is 5.69. The molecule has 0 aliphatic rings. The SMILES string of the molecule is OC(Cc1ccc(C(F)(F)F)cc1)c1cscc1Br. The Labute approximate surface area is 120 Å². The van der Waals surface area contributed by atoms with Crippen LogP contribution >= 0.6 is 27.3 Å². The Morgan fingerprint density at radius 2 is 1.79 bits per heavy atom. The number of halogens is 4. The van der Waals surface area contributed by atoms with E-state index in [9.17, 15) is 18.3 Å². The second kappa shape index (κ2) is 5.64. The van der Waals surface area contributed by atoms with Gasteiger partial charge in [-0.05, 0) is 39.0 Å². The van der Waals surface area contributed by atoms with Gasteiger partial charge in [0, 0.05) is 21.8 Å². The smallest absolute Gasteiger partial charge is 0.388 e. The van der Waals surface area contributed by atoms with Gasteiger partial charge in [-0.2, -0.15) is 24.5 Å². The zero-order valence-corrected chi connectivity index (χ0v) is 12.0. The topological polar surface area (TPSA) is 20.2 Å². The van der Waals surface area contributed by atoms with E-state index in [0.717, 1.165) is 22.2 Å². The van der Waals surface area contributed by atoms with Gasteiger partial charge < -0.3 is 5.11 Å². The number of alkyl halides is 3. The molecule has 0 aliphatic heterocycles. The van der Waals surface area contributed by atoms with Crippen molar-refractivity contribution in [2.75, 3.05) is 0 Å². The average Bonchev–Trinajstić information content (AvgIpc) is 2.75. The number of aliphatic hydroxyl groups excluding tert-OH is 1. The fourth-order valence-corrected chi connectivity index (χ4v) is 3.30.